The Morgan fingerprint density at radius 2 is 0.872 bits per heavy atom. The zero-order chi connectivity index (χ0) is 29.5. The molecule has 0 fully saturated rings. The van der Waals surface area contributed by atoms with Crippen molar-refractivity contribution in [3.8, 4) is 0 Å². The van der Waals surface area contributed by atoms with Crippen molar-refractivity contribution in [3.63, 3.8) is 0 Å². The maximum absolute atomic E-state index is 11.9. The van der Waals surface area contributed by atoms with Gasteiger partial charge in [0.15, 0.2) is 0 Å². The van der Waals surface area contributed by atoms with Crippen LogP contribution in [0.4, 0.5) is 0 Å². The molecule has 0 saturated heterocycles. The summed E-state index contributed by atoms with van der Waals surface area (Å²) in [7, 11) is 0. The Bertz CT molecular complexity index is 632. The average Bonchev–Trinajstić information content (AvgIpc) is 2.90. The van der Waals surface area contributed by atoms with Gasteiger partial charge in [0.25, 0.3) is 0 Å². The summed E-state index contributed by atoms with van der Waals surface area (Å²) in [4.78, 5) is 35.8. The fourth-order valence-electron chi connectivity index (χ4n) is 5.56. The molecule has 3 N–H and O–H groups in total. The number of hydrogen-bond acceptors (Lipinski definition) is 3. The topological polar surface area (TPSA) is 112 Å². The van der Waals surface area contributed by atoms with Crippen LogP contribution in [0.3, 0.4) is 0 Å². The molecule has 0 radical (unpaired) electrons. The molecular weight excluding hydrogens is 494 g/mol. The minimum Gasteiger partial charge on any atom is -0.481 e. The fourth-order valence-corrected chi connectivity index (χ4v) is 5.56. The van der Waals surface area contributed by atoms with Gasteiger partial charge < -0.3 is 19.8 Å². The molecule has 0 amide bonds. The molecule has 0 heterocycles. The van der Waals surface area contributed by atoms with E-state index in [9.17, 15) is 29.7 Å². The van der Waals surface area contributed by atoms with Crippen LogP contribution < -0.4 is 0 Å². The van der Waals surface area contributed by atoms with Crippen LogP contribution in [-0.2, 0) is 14.4 Å². The third-order valence-corrected chi connectivity index (χ3v) is 8.24. The van der Waals surface area contributed by atoms with Crippen molar-refractivity contribution < 1.29 is 34.2 Å². The van der Waals surface area contributed by atoms with Gasteiger partial charge in [-0.2, -0.15) is 0 Å². The Morgan fingerprint density at radius 1 is 0.538 bits per heavy atom. The average molecular weight is 555 g/mol. The molecule has 0 spiro atoms. The largest absolute Gasteiger partial charge is 0.481 e. The van der Waals surface area contributed by atoms with Crippen LogP contribution >= 0.6 is 0 Å². The van der Waals surface area contributed by atoms with E-state index in [1.54, 1.807) is 0 Å². The Balaban J connectivity index is 5.01. The summed E-state index contributed by atoms with van der Waals surface area (Å²) in [5.41, 5.74) is 0. The molecule has 3 unspecified atom stereocenters. The number of hydrogen-bond donors (Lipinski definition) is 3. The van der Waals surface area contributed by atoms with E-state index >= 15 is 0 Å². The van der Waals surface area contributed by atoms with Gasteiger partial charge >= 0.3 is 17.9 Å². The summed E-state index contributed by atoms with van der Waals surface area (Å²) < 4.78 is 0.245. The van der Waals surface area contributed by atoms with Gasteiger partial charge in [-0.1, -0.05) is 84.8 Å². The van der Waals surface area contributed by atoms with Crippen LogP contribution in [0.1, 0.15) is 130 Å². The highest BCUT2D eigenvalue weighted by atomic mass is 16.4. The van der Waals surface area contributed by atoms with Crippen LogP contribution in [0.2, 0.25) is 0 Å². The van der Waals surface area contributed by atoms with Crippen molar-refractivity contribution in [1.29, 1.82) is 0 Å². The van der Waals surface area contributed by atoms with Crippen molar-refractivity contribution in [2.24, 2.45) is 17.8 Å². The highest BCUT2D eigenvalue weighted by Gasteiger charge is 2.40. The number of aliphatic carboxylic acids is 3. The van der Waals surface area contributed by atoms with E-state index in [0.717, 1.165) is 32.1 Å². The van der Waals surface area contributed by atoms with Crippen molar-refractivity contribution in [1.82, 2.24) is 0 Å². The lowest BCUT2D eigenvalue weighted by Crippen LogP contribution is -2.58. The van der Waals surface area contributed by atoms with E-state index in [0.29, 0.717) is 25.8 Å². The van der Waals surface area contributed by atoms with Crippen molar-refractivity contribution >= 4 is 17.9 Å². The van der Waals surface area contributed by atoms with Crippen LogP contribution in [0.25, 0.3) is 0 Å². The lowest BCUT2D eigenvalue weighted by molar-refractivity contribution is -0.935. The molecule has 3 atom stereocenters. The quantitative estimate of drug-likeness (QED) is 0.0543. The highest BCUT2D eigenvalue weighted by Crippen LogP contribution is 2.25. The normalized spacial score (nSPS) is 15.6. The third-order valence-electron chi connectivity index (χ3n) is 8.24. The molecule has 0 aliphatic carbocycles. The van der Waals surface area contributed by atoms with Crippen LogP contribution in [0, 0.1) is 17.8 Å². The van der Waals surface area contributed by atoms with E-state index in [1.807, 2.05) is 20.8 Å². The van der Waals surface area contributed by atoms with Gasteiger partial charge in [-0.05, 0) is 57.8 Å². The van der Waals surface area contributed by atoms with Gasteiger partial charge in [0, 0.05) is 0 Å². The van der Waals surface area contributed by atoms with Gasteiger partial charge in [-0.3, -0.25) is 14.4 Å². The maximum Gasteiger partial charge on any atom is 0.312 e. The number of unbranched alkanes of at least 4 members (excludes halogenated alkanes) is 11. The first-order chi connectivity index (χ1) is 18.7. The standard InChI is InChI=1S/C32H59NO6/c1-5-9-10-11-12-13-14-15-16-17-18-19-20-21-22-23-33(24-27(6-2)30(34)35,25-28(7-3)31(36)37)26-29(8-4)32(38)39/h17-18,27-29H,5-16,19-26H2,1-4H3,(H2-,34,35,36,37,38,39)/p+1/b18-17+. The number of quaternary nitrogens is 1. The SMILES string of the molecule is CCCCCCCCCC/C=C/CCCCC[N+](CC(CC)C(=O)O)(CC(CC)C(=O)O)CC(CC)C(=O)O. The van der Waals surface area contributed by atoms with Gasteiger partial charge in [-0.15, -0.1) is 0 Å². The van der Waals surface area contributed by atoms with Crippen molar-refractivity contribution in [2.45, 2.75) is 130 Å². The molecule has 0 aromatic rings. The molecule has 0 saturated carbocycles. The molecule has 0 aliphatic heterocycles. The summed E-state index contributed by atoms with van der Waals surface area (Å²) in [6, 6.07) is 0. The van der Waals surface area contributed by atoms with Crippen molar-refractivity contribution in [3.05, 3.63) is 12.2 Å². The Hall–Kier alpha value is -1.89. The lowest BCUT2D eigenvalue weighted by atomic mass is 9.95. The zero-order valence-corrected chi connectivity index (χ0v) is 25.5. The summed E-state index contributed by atoms with van der Waals surface area (Å²) in [5, 5.41) is 29.4. The molecule has 0 bridgehead atoms. The van der Waals surface area contributed by atoms with Gasteiger partial charge in [0.2, 0.25) is 0 Å². The Kier molecular flexibility index (Phi) is 21.8. The molecular formula is C32H60NO6+. The minimum absolute atomic E-state index is 0.245. The molecule has 228 valence electrons. The van der Waals surface area contributed by atoms with Gasteiger partial charge in [-0.25, -0.2) is 0 Å². The Morgan fingerprint density at radius 3 is 1.21 bits per heavy atom. The lowest BCUT2D eigenvalue weighted by Gasteiger charge is -2.43. The summed E-state index contributed by atoms with van der Waals surface area (Å²) in [5.74, 6) is -4.55. The number of carboxylic acid groups (broad SMARTS) is 3. The molecule has 39 heavy (non-hydrogen) atoms. The molecule has 0 aromatic heterocycles. The monoisotopic (exact) mass is 554 g/mol. The highest BCUT2D eigenvalue weighted by molar-refractivity contribution is 5.71. The zero-order valence-electron chi connectivity index (χ0n) is 25.5. The fraction of sp³-hybridized carbons (Fsp3) is 0.844. The first kappa shape index (κ1) is 37.1. The van der Waals surface area contributed by atoms with Gasteiger partial charge in [0.05, 0.1) is 26.2 Å². The molecule has 0 aliphatic rings. The predicted octanol–water partition coefficient (Wildman–Crippen LogP) is 7.78. The van der Waals surface area contributed by atoms with E-state index in [-0.39, 0.29) is 24.1 Å². The number of rotatable bonds is 27. The molecule has 7 nitrogen and oxygen atoms in total. The number of nitrogens with zero attached hydrogens (tertiary/aromatic N) is 1. The number of carboxylic acids is 3. The molecule has 0 aromatic carbocycles. The third kappa shape index (κ3) is 17.4. The second-order valence-electron chi connectivity index (χ2n) is 11.5. The molecule has 0 rings (SSSR count). The second kappa shape index (κ2) is 22.9. The van der Waals surface area contributed by atoms with Crippen molar-refractivity contribution in [2.75, 3.05) is 26.2 Å². The summed E-state index contributed by atoms with van der Waals surface area (Å²) in [6.45, 7) is 9.17. The van der Waals surface area contributed by atoms with E-state index < -0.39 is 35.7 Å². The maximum atomic E-state index is 11.9. The van der Waals surface area contributed by atoms with Crippen LogP contribution in [0.5, 0.6) is 0 Å². The second-order valence-corrected chi connectivity index (χ2v) is 11.5. The molecule has 7 heteroatoms. The van der Waals surface area contributed by atoms with E-state index in [2.05, 4.69) is 19.1 Å². The first-order valence-electron chi connectivity index (χ1n) is 15.8. The van der Waals surface area contributed by atoms with Gasteiger partial charge in [0.1, 0.15) is 17.8 Å². The summed E-state index contributed by atoms with van der Waals surface area (Å²) >= 11 is 0. The summed E-state index contributed by atoms with van der Waals surface area (Å²) in [6.07, 6.45) is 21.4. The predicted molar refractivity (Wildman–Crippen MR) is 159 cm³/mol. The smallest absolute Gasteiger partial charge is 0.312 e. The first-order valence-corrected chi connectivity index (χ1v) is 15.8. The number of carbonyl (C=O) groups is 3. The van der Waals surface area contributed by atoms with E-state index in [1.165, 1.54) is 51.4 Å². The van der Waals surface area contributed by atoms with E-state index in [4.69, 9.17) is 0 Å². The van der Waals surface area contributed by atoms with Crippen LogP contribution in [0.15, 0.2) is 12.2 Å². The minimum atomic E-state index is -0.895. The number of allylic oxidation sites excluding steroid dienone is 2. The Labute approximate surface area is 238 Å². The van der Waals surface area contributed by atoms with Crippen LogP contribution in [-0.4, -0.2) is 63.9 Å².